The molecule has 1 aromatic carbocycles. The molecule has 0 aliphatic carbocycles. The summed E-state index contributed by atoms with van der Waals surface area (Å²) in [7, 11) is 0. The van der Waals surface area contributed by atoms with E-state index in [0.29, 0.717) is 15.8 Å². The van der Waals surface area contributed by atoms with Gasteiger partial charge < -0.3 is 5.73 Å². The number of hydrogen-bond acceptors (Lipinski definition) is 7. The van der Waals surface area contributed by atoms with Crippen LogP contribution in [0.4, 0.5) is 10.3 Å². The van der Waals surface area contributed by atoms with E-state index < -0.39 is 0 Å². The van der Waals surface area contributed by atoms with E-state index in [1.807, 2.05) is 0 Å². The van der Waals surface area contributed by atoms with E-state index in [-0.39, 0.29) is 5.91 Å². The third kappa shape index (κ3) is 3.01. The van der Waals surface area contributed by atoms with Crippen molar-refractivity contribution in [1.29, 1.82) is 0 Å². The van der Waals surface area contributed by atoms with Gasteiger partial charge in [0.2, 0.25) is 5.13 Å². The first-order valence-electron chi connectivity index (χ1n) is 6.45. The minimum Gasteiger partial charge on any atom is -0.375 e. The molecule has 0 radical (unpaired) electrons. The number of nitrogens with two attached hydrogens (primary N) is 1. The molecule has 6 nitrogen and oxygen atoms in total. The lowest BCUT2D eigenvalue weighted by Crippen LogP contribution is -2.11. The van der Waals surface area contributed by atoms with Crippen LogP contribution in [0.3, 0.4) is 0 Å². The van der Waals surface area contributed by atoms with Crippen LogP contribution < -0.4 is 11.1 Å². The van der Waals surface area contributed by atoms with Crippen LogP contribution in [-0.4, -0.2) is 21.1 Å². The van der Waals surface area contributed by atoms with Crippen molar-refractivity contribution in [2.24, 2.45) is 0 Å². The average Bonchev–Trinajstić information content (AvgIpc) is 3.03. The SMILES string of the molecule is CCCc1nnc(NC(=O)c2ccc3nc(N)sc3c2)s1. The number of carbonyl (C=O) groups is 1. The molecule has 0 fully saturated rings. The van der Waals surface area contributed by atoms with Crippen molar-refractivity contribution in [3.63, 3.8) is 0 Å². The van der Waals surface area contributed by atoms with Gasteiger partial charge in [0.05, 0.1) is 10.2 Å². The monoisotopic (exact) mass is 319 g/mol. The smallest absolute Gasteiger partial charge is 0.257 e. The number of nitrogens with one attached hydrogen (secondary N) is 1. The number of amides is 1. The molecule has 0 saturated heterocycles. The number of hydrogen-bond donors (Lipinski definition) is 2. The second-order valence-electron chi connectivity index (χ2n) is 4.44. The Bertz CT molecular complexity index is 795. The molecule has 21 heavy (non-hydrogen) atoms. The van der Waals surface area contributed by atoms with Crippen molar-refractivity contribution in [1.82, 2.24) is 15.2 Å². The molecule has 0 spiro atoms. The molecule has 8 heteroatoms. The molecule has 0 atom stereocenters. The van der Waals surface area contributed by atoms with Crippen molar-refractivity contribution in [3.05, 3.63) is 28.8 Å². The van der Waals surface area contributed by atoms with Crippen molar-refractivity contribution in [2.75, 3.05) is 11.1 Å². The van der Waals surface area contributed by atoms with Gasteiger partial charge in [-0.2, -0.15) is 0 Å². The Morgan fingerprint density at radius 3 is 3.00 bits per heavy atom. The summed E-state index contributed by atoms with van der Waals surface area (Å²) in [6, 6.07) is 5.30. The van der Waals surface area contributed by atoms with Crippen LogP contribution in [0.5, 0.6) is 0 Å². The number of nitrogens with zero attached hydrogens (tertiary/aromatic N) is 3. The first kappa shape index (κ1) is 13.9. The van der Waals surface area contributed by atoms with Gasteiger partial charge in [0.25, 0.3) is 5.91 Å². The zero-order chi connectivity index (χ0) is 14.8. The van der Waals surface area contributed by atoms with E-state index in [9.17, 15) is 4.79 Å². The summed E-state index contributed by atoms with van der Waals surface area (Å²) < 4.78 is 0.893. The Balaban J connectivity index is 1.79. The molecule has 0 saturated carbocycles. The minimum absolute atomic E-state index is 0.205. The predicted octanol–water partition coefficient (Wildman–Crippen LogP) is 2.93. The zero-order valence-electron chi connectivity index (χ0n) is 11.3. The Hall–Kier alpha value is -2.06. The van der Waals surface area contributed by atoms with E-state index in [1.165, 1.54) is 22.7 Å². The van der Waals surface area contributed by atoms with Gasteiger partial charge in [-0.05, 0) is 24.6 Å². The van der Waals surface area contributed by atoms with Crippen molar-refractivity contribution in [2.45, 2.75) is 19.8 Å². The number of benzene rings is 1. The van der Waals surface area contributed by atoms with Gasteiger partial charge in [-0.25, -0.2) is 4.98 Å². The molecule has 1 amide bonds. The number of carbonyl (C=O) groups excluding carboxylic acids is 1. The number of rotatable bonds is 4. The van der Waals surface area contributed by atoms with Crippen LogP contribution >= 0.6 is 22.7 Å². The maximum atomic E-state index is 12.2. The Morgan fingerprint density at radius 1 is 1.33 bits per heavy atom. The van der Waals surface area contributed by atoms with Crippen LogP contribution in [0.15, 0.2) is 18.2 Å². The van der Waals surface area contributed by atoms with Crippen LogP contribution in [-0.2, 0) is 6.42 Å². The van der Waals surface area contributed by atoms with Gasteiger partial charge in [-0.15, -0.1) is 10.2 Å². The fourth-order valence-corrected chi connectivity index (χ4v) is 3.48. The molecule has 3 aromatic rings. The fraction of sp³-hybridized carbons (Fsp3) is 0.231. The lowest BCUT2D eigenvalue weighted by atomic mass is 10.2. The van der Waals surface area contributed by atoms with Crippen LogP contribution in [0.2, 0.25) is 0 Å². The van der Waals surface area contributed by atoms with E-state index in [4.69, 9.17) is 5.73 Å². The standard InChI is InChI=1S/C13H13N5OS2/c1-2-3-10-17-18-13(21-10)16-11(19)7-4-5-8-9(6-7)20-12(14)15-8/h4-6H,2-3H2,1H3,(H2,14,15)(H,16,18,19). The second-order valence-corrected chi connectivity index (χ2v) is 6.56. The first-order chi connectivity index (χ1) is 10.2. The summed E-state index contributed by atoms with van der Waals surface area (Å²) in [6.45, 7) is 2.08. The van der Waals surface area contributed by atoms with E-state index in [0.717, 1.165) is 28.1 Å². The molecule has 3 N–H and O–H groups in total. The summed E-state index contributed by atoms with van der Waals surface area (Å²) in [6.07, 6.45) is 1.88. The number of fused-ring (bicyclic) bond motifs is 1. The molecule has 0 aliphatic heterocycles. The summed E-state index contributed by atoms with van der Waals surface area (Å²) in [5.41, 5.74) is 7.02. The molecule has 0 bridgehead atoms. The van der Waals surface area contributed by atoms with Gasteiger partial charge in [0.15, 0.2) is 5.13 Å². The van der Waals surface area contributed by atoms with Gasteiger partial charge in [-0.3, -0.25) is 10.1 Å². The quantitative estimate of drug-likeness (QED) is 0.771. The molecule has 108 valence electrons. The second kappa shape index (κ2) is 5.74. The van der Waals surface area contributed by atoms with E-state index in [2.05, 4.69) is 27.4 Å². The average molecular weight is 319 g/mol. The third-order valence-electron chi connectivity index (χ3n) is 2.82. The van der Waals surface area contributed by atoms with Gasteiger partial charge >= 0.3 is 0 Å². The first-order valence-corrected chi connectivity index (χ1v) is 8.09. The van der Waals surface area contributed by atoms with Crippen LogP contribution in [0.1, 0.15) is 28.7 Å². The molecule has 0 unspecified atom stereocenters. The highest BCUT2D eigenvalue weighted by molar-refractivity contribution is 7.22. The van der Waals surface area contributed by atoms with E-state index in [1.54, 1.807) is 18.2 Å². The highest BCUT2D eigenvalue weighted by Gasteiger charge is 2.11. The molecule has 0 aliphatic rings. The van der Waals surface area contributed by atoms with Crippen molar-refractivity contribution in [3.8, 4) is 0 Å². The maximum Gasteiger partial charge on any atom is 0.257 e. The summed E-state index contributed by atoms with van der Waals surface area (Å²) >= 11 is 2.77. The van der Waals surface area contributed by atoms with Crippen molar-refractivity contribution < 1.29 is 4.79 Å². The van der Waals surface area contributed by atoms with Gasteiger partial charge in [0, 0.05) is 12.0 Å². The molecule has 2 heterocycles. The summed E-state index contributed by atoms with van der Waals surface area (Å²) in [5, 5.41) is 12.7. The topological polar surface area (TPSA) is 93.8 Å². The Labute approximate surface area is 129 Å². The summed E-state index contributed by atoms with van der Waals surface area (Å²) in [5.74, 6) is -0.205. The normalized spacial score (nSPS) is 10.9. The largest absolute Gasteiger partial charge is 0.375 e. The van der Waals surface area contributed by atoms with Crippen molar-refractivity contribution >= 4 is 49.1 Å². The molecular formula is C13H13N5OS2. The highest BCUT2D eigenvalue weighted by Crippen LogP contribution is 2.25. The van der Waals surface area contributed by atoms with Gasteiger partial charge in [0.1, 0.15) is 5.01 Å². The summed E-state index contributed by atoms with van der Waals surface area (Å²) in [4.78, 5) is 16.4. The predicted molar refractivity (Wildman–Crippen MR) is 85.9 cm³/mol. The lowest BCUT2D eigenvalue weighted by molar-refractivity contribution is 0.102. The number of nitrogen functional groups attached to an aromatic ring is 1. The highest BCUT2D eigenvalue weighted by atomic mass is 32.1. The number of anilines is 2. The lowest BCUT2D eigenvalue weighted by Gasteiger charge is -2.00. The Kier molecular flexibility index (Phi) is 3.80. The molecule has 2 aromatic heterocycles. The molecular weight excluding hydrogens is 306 g/mol. The maximum absolute atomic E-state index is 12.2. The fourth-order valence-electron chi connectivity index (χ4n) is 1.87. The van der Waals surface area contributed by atoms with Gasteiger partial charge in [-0.1, -0.05) is 29.6 Å². The minimum atomic E-state index is -0.205. The third-order valence-corrected chi connectivity index (χ3v) is 4.56. The number of aromatic nitrogens is 3. The molecule has 3 rings (SSSR count). The van der Waals surface area contributed by atoms with Crippen LogP contribution in [0, 0.1) is 0 Å². The zero-order valence-corrected chi connectivity index (χ0v) is 12.9. The number of thiazole rings is 1. The van der Waals surface area contributed by atoms with E-state index >= 15 is 0 Å². The van der Waals surface area contributed by atoms with Crippen LogP contribution in [0.25, 0.3) is 10.2 Å². The Morgan fingerprint density at radius 2 is 2.19 bits per heavy atom. The number of aryl methyl sites for hydroxylation is 1.